The highest BCUT2D eigenvalue weighted by atomic mass is 35.5. The maximum atomic E-state index is 11.7. The highest BCUT2D eigenvalue weighted by Gasteiger charge is 2.18. The van der Waals surface area contributed by atoms with Gasteiger partial charge >= 0.3 is 0 Å². The number of nitrogens with zero attached hydrogens (tertiary/aromatic N) is 3. The molecule has 1 aromatic rings. The first kappa shape index (κ1) is 11.5. The van der Waals surface area contributed by atoms with E-state index in [0.717, 1.165) is 0 Å². The molecule has 17 heavy (non-hydrogen) atoms. The standard InChI is InChI=1S/C9H8ClN5O2/c10-6-2-3-7(14-13-6)11-9(17)5-1-4-8(16)15-12-5/h2-3H,1,4H2,(H,15,16)(H,11,14,17). The van der Waals surface area contributed by atoms with E-state index in [4.69, 9.17) is 11.6 Å². The normalized spacial score (nSPS) is 14.9. The third-order valence-corrected chi connectivity index (χ3v) is 2.24. The fourth-order valence-electron chi connectivity index (χ4n) is 1.21. The Morgan fingerprint density at radius 1 is 1.35 bits per heavy atom. The van der Waals surface area contributed by atoms with E-state index < -0.39 is 5.91 Å². The van der Waals surface area contributed by atoms with Gasteiger partial charge in [0.05, 0.1) is 0 Å². The largest absolute Gasteiger partial charge is 0.304 e. The van der Waals surface area contributed by atoms with E-state index in [0.29, 0.717) is 6.42 Å². The second-order valence-corrected chi connectivity index (χ2v) is 3.68. The van der Waals surface area contributed by atoms with Crippen molar-refractivity contribution >= 4 is 34.9 Å². The summed E-state index contributed by atoms with van der Waals surface area (Å²) in [4.78, 5) is 22.5. The topological polar surface area (TPSA) is 96.3 Å². The number of hydrogen-bond acceptors (Lipinski definition) is 5. The SMILES string of the molecule is O=C1CCC(C(=O)Nc2ccc(Cl)nn2)=NN1. The molecule has 0 unspecified atom stereocenters. The molecule has 2 N–H and O–H groups in total. The van der Waals surface area contributed by atoms with Gasteiger partial charge in [0.15, 0.2) is 11.0 Å². The van der Waals surface area contributed by atoms with E-state index in [1.54, 1.807) is 0 Å². The third kappa shape index (κ3) is 2.97. The molecule has 2 heterocycles. The second kappa shape index (κ2) is 4.88. The zero-order valence-electron chi connectivity index (χ0n) is 8.61. The third-order valence-electron chi connectivity index (χ3n) is 2.04. The van der Waals surface area contributed by atoms with Crippen molar-refractivity contribution in [3.63, 3.8) is 0 Å². The maximum Gasteiger partial charge on any atom is 0.273 e. The fraction of sp³-hybridized carbons (Fsp3) is 0.222. The molecule has 7 nitrogen and oxygen atoms in total. The summed E-state index contributed by atoms with van der Waals surface area (Å²) < 4.78 is 0. The van der Waals surface area contributed by atoms with Crippen LogP contribution in [0.15, 0.2) is 17.2 Å². The molecule has 8 heteroatoms. The van der Waals surface area contributed by atoms with Crippen molar-refractivity contribution in [2.45, 2.75) is 12.8 Å². The average molecular weight is 254 g/mol. The Morgan fingerprint density at radius 3 is 2.76 bits per heavy atom. The van der Waals surface area contributed by atoms with Gasteiger partial charge in [0.2, 0.25) is 5.91 Å². The summed E-state index contributed by atoms with van der Waals surface area (Å²) in [6.07, 6.45) is 0.553. The predicted octanol–water partition coefficient (Wildman–Crippen LogP) is 0.334. The van der Waals surface area contributed by atoms with Crippen LogP contribution in [-0.4, -0.2) is 27.7 Å². The lowest BCUT2D eigenvalue weighted by Gasteiger charge is -2.11. The van der Waals surface area contributed by atoms with Crippen LogP contribution in [0.25, 0.3) is 0 Å². The summed E-state index contributed by atoms with van der Waals surface area (Å²) in [6.45, 7) is 0. The van der Waals surface area contributed by atoms with E-state index in [9.17, 15) is 9.59 Å². The summed E-state index contributed by atoms with van der Waals surface area (Å²) in [7, 11) is 0. The first-order valence-electron chi connectivity index (χ1n) is 4.81. The summed E-state index contributed by atoms with van der Waals surface area (Å²) >= 11 is 5.56. The smallest absolute Gasteiger partial charge is 0.273 e. The van der Waals surface area contributed by atoms with Gasteiger partial charge in [0.25, 0.3) is 5.91 Å². The van der Waals surface area contributed by atoms with Crippen molar-refractivity contribution in [1.29, 1.82) is 0 Å². The van der Waals surface area contributed by atoms with Gasteiger partial charge in [-0.05, 0) is 12.1 Å². The van der Waals surface area contributed by atoms with Gasteiger partial charge < -0.3 is 5.32 Å². The molecule has 0 aliphatic carbocycles. The number of nitrogens with one attached hydrogen (secondary N) is 2. The fourth-order valence-corrected chi connectivity index (χ4v) is 1.31. The van der Waals surface area contributed by atoms with E-state index in [2.05, 4.69) is 26.0 Å². The Labute approximate surface area is 101 Å². The van der Waals surface area contributed by atoms with Gasteiger partial charge in [0, 0.05) is 12.8 Å². The molecule has 1 aliphatic heterocycles. The number of aromatic nitrogens is 2. The lowest BCUT2D eigenvalue weighted by Crippen LogP contribution is -2.33. The molecule has 0 aromatic carbocycles. The number of halogens is 1. The predicted molar refractivity (Wildman–Crippen MR) is 60.5 cm³/mol. The minimum absolute atomic E-state index is 0.201. The van der Waals surface area contributed by atoms with Crippen molar-refractivity contribution in [1.82, 2.24) is 15.6 Å². The van der Waals surface area contributed by atoms with E-state index in [1.165, 1.54) is 12.1 Å². The van der Waals surface area contributed by atoms with Crippen LogP contribution in [0.2, 0.25) is 5.15 Å². The maximum absolute atomic E-state index is 11.7. The van der Waals surface area contributed by atoms with Crippen LogP contribution in [0.1, 0.15) is 12.8 Å². The summed E-state index contributed by atoms with van der Waals surface area (Å²) in [6, 6.07) is 3.03. The number of carbonyl (C=O) groups excluding carboxylic acids is 2. The quantitative estimate of drug-likeness (QED) is 0.794. The van der Waals surface area contributed by atoms with Crippen molar-refractivity contribution in [2.24, 2.45) is 5.10 Å². The monoisotopic (exact) mass is 253 g/mol. The number of amides is 2. The van der Waals surface area contributed by atoms with Crippen LogP contribution in [0.3, 0.4) is 0 Å². The van der Waals surface area contributed by atoms with E-state index in [-0.39, 0.29) is 29.0 Å². The van der Waals surface area contributed by atoms with Gasteiger partial charge in [-0.15, -0.1) is 10.2 Å². The molecule has 1 aliphatic rings. The van der Waals surface area contributed by atoms with Crippen LogP contribution >= 0.6 is 11.6 Å². The van der Waals surface area contributed by atoms with Crippen molar-refractivity contribution in [2.75, 3.05) is 5.32 Å². The van der Waals surface area contributed by atoms with Crippen molar-refractivity contribution in [3.05, 3.63) is 17.3 Å². The van der Waals surface area contributed by atoms with Gasteiger partial charge in [-0.25, -0.2) is 5.43 Å². The average Bonchev–Trinajstić information content (AvgIpc) is 2.33. The first-order valence-corrected chi connectivity index (χ1v) is 5.19. The molecule has 88 valence electrons. The summed E-state index contributed by atoms with van der Waals surface area (Å²) in [5.74, 6) is -0.339. The molecule has 2 amide bonds. The van der Waals surface area contributed by atoms with Gasteiger partial charge in [0.1, 0.15) is 5.71 Å². The van der Waals surface area contributed by atoms with Crippen molar-refractivity contribution in [3.8, 4) is 0 Å². The lowest BCUT2D eigenvalue weighted by molar-refractivity contribution is -0.121. The van der Waals surface area contributed by atoms with E-state index >= 15 is 0 Å². The zero-order valence-corrected chi connectivity index (χ0v) is 9.36. The van der Waals surface area contributed by atoms with Crippen LogP contribution in [-0.2, 0) is 9.59 Å². The molecule has 2 rings (SSSR count). The molecule has 1 aromatic heterocycles. The molecule has 0 radical (unpaired) electrons. The van der Waals surface area contributed by atoms with Gasteiger partial charge in [-0.2, -0.15) is 5.10 Å². The van der Waals surface area contributed by atoms with Crippen LogP contribution in [0.5, 0.6) is 0 Å². The molecule has 0 saturated heterocycles. The van der Waals surface area contributed by atoms with Gasteiger partial charge in [-0.3, -0.25) is 9.59 Å². The molecule has 0 atom stereocenters. The number of rotatable bonds is 2. The Kier molecular flexibility index (Phi) is 3.29. The Hall–Kier alpha value is -2.02. The number of carbonyl (C=O) groups is 2. The Morgan fingerprint density at radius 2 is 2.18 bits per heavy atom. The Balaban J connectivity index is 2.02. The van der Waals surface area contributed by atoms with Crippen LogP contribution in [0, 0.1) is 0 Å². The van der Waals surface area contributed by atoms with Crippen LogP contribution < -0.4 is 10.7 Å². The second-order valence-electron chi connectivity index (χ2n) is 3.29. The molecular formula is C9H8ClN5O2. The minimum atomic E-state index is -0.415. The van der Waals surface area contributed by atoms with E-state index in [1.807, 2.05) is 0 Å². The highest BCUT2D eigenvalue weighted by Crippen LogP contribution is 2.07. The van der Waals surface area contributed by atoms with Crippen molar-refractivity contribution < 1.29 is 9.59 Å². The molecule has 0 saturated carbocycles. The molecule has 0 bridgehead atoms. The summed E-state index contributed by atoms with van der Waals surface area (Å²) in [5, 5.41) is 13.6. The molecule has 0 fully saturated rings. The number of hydrogen-bond donors (Lipinski definition) is 2. The summed E-state index contributed by atoms with van der Waals surface area (Å²) in [5.41, 5.74) is 2.49. The van der Waals surface area contributed by atoms with Gasteiger partial charge in [-0.1, -0.05) is 11.6 Å². The molecule has 0 spiro atoms. The Bertz CT molecular complexity index is 485. The minimum Gasteiger partial charge on any atom is -0.304 e. The number of hydrazone groups is 1. The number of anilines is 1. The highest BCUT2D eigenvalue weighted by molar-refractivity contribution is 6.43. The molecular weight excluding hydrogens is 246 g/mol. The zero-order chi connectivity index (χ0) is 12.3. The lowest BCUT2D eigenvalue weighted by atomic mass is 10.1. The first-order chi connectivity index (χ1) is 8.15. The van der Waals surface area contributed by atoms with Crippen LogP contribution in [0.4, 0.5) is 5.82 Å².